The number of piperidine rings is 1. The van der Waals surface area contributed by atoms with E-state index in [-0.39, 0.29) is 17.8 Å². The van der Waals surface area contributed by atoms with Crippen molar-refractivity contribution in [2.75, 3.05) is 22.9 Å². The quantitative estimate of drug-likeness (QED) is 0.605. The van der Waals surface area contributed by atoms with Crippen molar-refractivity contribution in [2.45, 2.75) is 44.8 Å². The zero-order chi connectivity index (χ0) is 14.9. The van der Waals surface area contributed by atoms with Gasteiger partial charge in [-0.3, -0.25) is 0 Å². The highest BCUT2D eigenvalue weighted by Gasteiger charge is 2.35. The second kappa shape index (κ2) is 5.24. The second-order valence-electron chi connectivity index (χ2n) is 5.57. The molecule has 1 aliphatic heterocycles. The maximum atomic E-state index is 10.3. The van der Waals surface area contributed by atoms with Gasteiger partial charge in [-0.2, -0.15) is 9.97 Å². The van der Waals surface area contributed by atoms with Gasteiger partial charge in [0.05, 0.1) is 11.2 Å². The third-order valence-electron chi connectivity index (χ3n) is 3.83. The third kappa shape index (κ3) is 2.67. The summed E-state index contributed by atoms with van der Waals surface area (Å²) in [5, 5.41) is 17.8. The van der Waals surface area contributed by atoms with E-state index >= 15 is 0 Å². The Labute approximate surface area is 118 Å². The highest BCUT2D eigenvalue weighted by molar-refractivity contribution is 5.91. The van der Waals surface area contributed by atoms with Gasteiger partial charge in [-0.1, -0.05) is 6.92 Å². The standard InChI is InChI=1S/C13H22N6O/c1-3-8-4-5-13(2,20)7-19(8)11-9(6-14)10(15)17-12(16)18-11/h6,8,14,20H,3-5,7H2,1-2H3,(H4,15,16,17,18)/t8?,13-/m0/s1. The van der Waals surface area contributed by atoms with Crippen LogP contribution in [0.1, 0.15) is 38.7 Å². The molecule has 0 aromatic carbocycles. The molecule has 1 fully saturated rings. The molecule has 0 spiro atoms. The molecule has 0 amide bonds. The maximum absolute atomic E-state index is 10.3. The summed E-state index contributed by atoms with van der Waals surface area (Å²) in [5.41, 5.74) is 11.2. The van der Waals surface area contributed by atoms with Crippen LogP contribution in [0.25, 0.3) is 0 Å². The number of nitrogens with one attached hydrogen (secondary N) is 1. The molecule has 110 valence electrons. The predicted octanol–water partition coefficient (Wildman–Crippen LogP) is 0.768. The van der Waals surface area contributed by atoms with Crippen LogP contribution in [-0.2, 0) is 0 Å². The van der Waals surface area contributed by atoms with Gasteiger partial charge in [-0.15, -0.1) is 0 Å². The van der Waals surface area contributed by atoms with Crippen LogP contribution in [0, 0.1) is 5.41 Å². The molecular formula is C13H22N6O. The van der Waals surface area contributed by atoms with Crippen LogP contribution in [0.3, 0.4) is 0 Å². The molecular weight excluding hydrogens is 256 g/mol. The summed E-state index contributed by atoms with van der Waals surface area (Å²) in [6.07, 6.45) is 3.68. The summed E-state index contributed by atoms with van der Waals surface area (Å²) in [6, 6.07) is 0.252. The Bertz CT molecular complexity index is 516. The molecule has 0 saturated carbocycles. The number of aromatic nitrogens is 2. The Hall–Kier alpha value is -1.89. The van der Waals surface area contributed by atoms with Crippen molar-refractivity contribution >= 4 is 23.8 Å². The Morgan fingerprint density at radius 1 is 1.50 bits per heavy atom. The lowest BCUT2D eigenvalue weighted by Crippen LogP contribution is -2.52. The van der Waals surface area contributed by atoms with E-state index in [9.17, 15) is 5.11 Å². The summed E-state index contributed by atoms with van der Waals surface area (Å²) >= 11 is 0. The summed E-state index contributed by atoms with van der Waals surface area (Å²) in [6.45, 7) is 4.35. The first-order valence-corrected chi connectivity index (χ1v) is 6.80. The van der Waals surface area contributed by atoms with Gasteiger partial charge in [0, 0.05) is 18.8 Å². The molecule has 2 atom stereocenters. The number of rotatable bonds is 3. The normalized spacial score (nSPS) is 26.6. The average molecular weight is 278 g/mol. The average Bonchev–Trinajstić information content (AvgIpc) is 2.37. The second-order valence-corrected chi connectivity index (χ2v) is 5.57. The van der Waals surface area contributed by atoms with E-state index in [4.69, 9.17) is 16.9 Å². The van der Waals surface area contributed by atoms with Crippen molar-refractivity contribution in [1.82, 2.24) is 9.97 Å². The zero-order valence-corrected chi connectivity index (χ0v) is 11.9. The minimum Gasteiger partial charge on any atom is -0.388 e. The van der Waals surface area contributed by atoms with Gasteiger partial charge in [0.2, 0.25) is 5.95 Å². The number of nitrogens with two attached hydrogens (primary N) is 2. The number of anilines is 3. The summed E-state index contributed by atoms with van der Waals surface area (Å²) in [7, 11) is 0. The van der Waals surface area contributed by atoms with Crippen LogP contribution in [0.15, 0.2) is 0 Å². The van der Waals surface area contributed by atoms with Crippen LogP contribution in [0.5, 0.6) is 0 Å². The molecule has 2 rings (SSSR count). The maximum Gasteiger partial charge on any atom is 0.223 e. The van der Waals surface area contributed by atoms with Gasteiger partial charge in [-0.05, 0) is 26.2 Å². The molecule has 0 radical (unpaired) electrons. The van der Waals surface area contributed by atoms with Crippen LogP contribution in [0.4, 0.5) is 17.6 Å². The Kier molecular flexibility index (Phi) is 3.80. The fraction of sp³-hybridized carbons (Fsp3) is 0.615. The molecule has 7 heteroatoms. The van der Waals surface area contributed by atoms with E-state index in [1.54, 1.807) is 0 Å². The SMILES string of the molecule is CCC1CC[C@](C)(O)CN1c1nc(N)nc(N)c1C=N. The van der Waals surface area contributed by atoms with Crippen LogP contribution in [0.2, 0.25) is 0 Å². The molecule has 1 aliphatic rings. The Balaban J connectivity index is 2.49. The highest BCUT2D eigenvalue weighted by Crippen LogP contribution is 2.33. The zero-order valence-electron chi connectivity index (χ0n) is 11.9. The van der Waals surface area contributed by atoms with Crippen molar-refractivity contribution in [3.05, 3.63) is 5.56 Å². The third-order valence-corrected chi connectivity index (χ3v) is 3.83. The van der Waals surface area contributed by atoms with E-state index in [0.717, 1.165) is 25.5 Å². The minimum atomic E-state index is -0.778. The van der Waals surface area contributed by atoms with Gasteiger partial charge in [0.1, 0.15) is 11.6 Å². The van der Waals surface area contributed by atoms with Crippen molar-refractivity contribution in [2.24, 2.45) is 0 Å². The Morgan fingerprint density at radius 2 is 2.20 bits per heavy atom. The van der Waals surface area contributed by atoms with Gasteiger partial charge >= 0.3 is 0 Å². The number of nitrogen functional groups attached to an aromatic ring is 2. The number of nitrogens with zero attached hydrogens (tertiary/aromatic N) is 3. The Morgan fingerprint density at radius 3 is 2.80 bits per heavy atom. The number of hydrogen-bond donors (Lipinski definition) is 4. The molecule has 0 bridgehead atoms. The minimum absolute atomic E-state index is 0.0863. The molecule has 1 aromatic rings. The highest BCUT2D eigenvalue weighted by atomic mass is 16.3. The topological polar surface area (TPSA) is 125 Å². The largest absolute Gasteiger partial charge is 0.388 e. The van der Waals surface area contributed by atoms with E-state index in [0.29, 0.717) is 17.9 Å². The van der Waals surface area contributed by atoms with Crippen molar-refractivity contribution in [3.63, 3.8) is 0 Å². The lowest BCUT2D eigenvalue weighted by molar-refractivity contribution is 0.0358. The first kappa shape index (κ1) is 14.5. The molecule has 1 saturated heterocycles. The molecule has 1 unspecified atom stereocenters. The predicted molar refractivity (Wildman–Crippen MR) is 80.0 cm³/mol. The van der Waals surface area contributed by atoms with Crippen molar-refractivity contribution in [3.8, 4) is 0 Å². The first-order chi connectivity index (χ1) is 9.38. The summed E-state index contributed by atoms with van der Waals surface area (Å²) in [4.78, 5) is 10.1. The van der Waals surface area contributed by atoms with Gasteiger partial charge < -0.3 is 26.9 Å². The van der Waals surface area contributed by atoms with E-state index in [1.165, 1.54) is 0 Å². The van der Waals surface area contributed by atoms with Crippen LogP contribution >= 0.6 is 0 Å². The number of β-amino-alcohol motifs (C(OH)–C–C–N with tert-alkyl or cyclic N) is 1. The molecule has 1 aromatic heterocycles. The monoisotopic (exact) mass is 278 g/mol. The van der Waals surface area contributed by atoms with Crippen LogP contribution in [-0.4, -0.2) is 39.5 Å². The fourth-order valence-electron chi connectivity index (χ4n) is 2.73. The van der Waals surface area contributed by atoms with Gasteiger partial charge in [0.15, 0.2) is 0 Å². The van der Waals surface area contributed by atoms with Crippen LogP contribution < -0.4 is 16.4 Å². The lowest BCUT2D eigenvalue weighted by atomic mass is 9.89. The van der Waals surface area contributed by atoms with Crippen molar-refractivity contribution in [1.29, 1.82) is 5.41 Å². The van der Waals surface area contributed by atoms with E-state index in [1.807, 2.05) is 11.8 Å². The smallest absolute Gasteiger partial charge is 0.223 e. The number of hydrogen-bond acceptors (Lipinski definition) is 7. The number of aliphatic hydroxyl groups is 1. The molecule has 2 heterocycles. The summed E-state index contributed by atoms with van der Waals surface area (Å²) < 4.78 is 0. The van der Waals surface area contributed by atoms with E-state index < -0.39 is 5.60 Å². The lowest BCUT2D eigenvalue weighted by Gasteiger charge is -2.43. The fourth-order valence-corrected chi connectivity index (χ4v) is 2.73. The summed E-state index contributed by atoms with van der Waals surface area (Å²) in [5.74, 6) is 0.822. The molecule has 6 N–H and O–H groups in total. The van der Waals surface area contributed by atoms with E-state index in [2.05, 4.69) is 16.9 Å². The molecule has 0 aliphatic carbocycles. The van der Waals surface area contributed by atoms with Gasteiger partial charge in [0.25, 0.3) is 0 Å². The van der Waals surface area contributed by atoms with Crippen molar-refractivity contribution < 1.29 is 5.11 Å². The van der Waals surface area contributed by atoms with Gasteiger partial charge in [-0.25, -0.2) is 0 Å². The first-order valence-electron chi connectivity index (χ1n) is 6.80. The molecule has 20 heavy (non-hydrogen) atoms. The molecule has 7 nitrogen and oxygen atoms in total.